The molecule has 2 rings (SSSR count). The topological polar surface area (TPSA) is 76.7 Å². The number of carbonyl (C=O) groups excluding carboxylic acids is 2. The minimum Gasteiger partial charge on any atom is -0.494 e. The lowest BCUT2D eigenvalue weighted by molar-refractivity contribution is 0.0505. The Morgan fingerprint density at radius 2 is 1.73 bits per heavy atom. The molecule has 144 valence electrons. The summed E-state index contributed by atoms with van der Waals surface area (Å²) in [6.45, 7) is 8.35. The molecule has 1 aliphatic rings. The summed E-state index contributed by atoms with van der Waals surface area (Å²) in [6, 6.07) is 7.09. The maximum atomic E-state index is 12.7. The van der Waals surface area contributed by atoms with E-state index >= 15 is 0 Å². The summed E-state index contributed by atoms with van der Waals surface area (Å²) < 4.78 is 10.7. The molecule has 26 heavy (non-hydrogen) atoms. The molecular formula is C20H30N2O4. The van der Waals surface area contributed by atoms with E-state index in [0.717, 1.165) is 31.4 Å². The fraction of sp³-hybridized carbons (Fsp3) is 0.600. The summed E-state index contributed by atoms with van der Waals surface area (Å²) in [5.74, 6) is 0.604. The van der Waals surface area contributed by atoms with Crippen LogP contribution in [0.5, 0.6) is 5.75 Å². The zero-order chi connectivity index (χ0) is 19.2. The van der Waals surface area contributed by atoms with Crippen molar-refractivity contribution in [2.75, 3.05) is 13.2 Å². The van der Waals surface area contributed by atoms with Gasteiger partial charge in [0.1, 0.15) is 11.4 Å². The van der Waals surface area contributed by atoms with Crippen LogP contribution in [-0.2, 0) is 4.74 Å². The lowest BCUT2D eigenvalue weighted by Crippen LogP contribution is -2.54. The maximum absolute atomic E-state index is 12.7. The third-order valence-electron chi connectivity index (χ3n) is 4.34. The van der Waals surface area contributed by atoms with E-state index < -0.39 is 17.2 Å². The highest BCUT2D eigenvalue weighted by molar-refractivity contribution is 5.94. The van der Waals surface area contributed by atoms with Crippen LogP contribution in [0.3, 0.4) is 0 Å². The standard InChI is InChI=1S/C20H30N2O4/c1-5-25-16-10-8-15(9-11-16)17(23)22-20(12-6-7-13-20)14-21-18(24)26-19(2,3)4/h8-11H,5-7,12-14H2,1-4H3,(H,21,24)(H,22,23). The highest BCUT2D eigenvalue weighted by atomic mass is 16.6. The first-order valence-electron chi connectivity index (χ1n) is 9.25. The Hall–Kier alpha value is -2.24. The van der Waals surface area contributed by atoms with E-state index in [9.17, 15) is 9.59 Å². The highest BCUT2D eigenvalue weighted by Crippen LogP contribution is 2.29. The van der Waals surface area contributed by atoms with Gasteiger partial charge in [0, 0.05) is 12.1 Å². The fourth-order valence-electron chi connectivity index (χ4n) is 3.14. The summed E-state index contributed by atoms with van der Waals surface area (Å²) >= 11 is 0. The van der Waals surface area contributed by atoms with Gasteiger partial charge in [0.2, 0.25) is 0 Å². The molecule has 1 aliphatic carbocycles. The number of hydrogen-bond acceptors (Lipinski definition) is 4. The highest BCUT2D eigenvalue weighted by Gasteiger charge is 2.36. The van der Waals surface area contributed by atoms with Gasteiger partial charge in [-0.1, -0.05) is 12.8 Å². The second kappa shape index (κ2) is 8.43. The molecule has 0 heterocycles. The number of alkyl carbamates (subject to hydrolysis) is 1. The van der Waals surface area contributed by atoms with Gasteiger partial charge >= 0.3 is 6.09 Å². The number of carbonyl (C=O) groups is 2. The summed E-state index contributed by atoms with van der Waals surface area (Å²) in [6.07, 6.45) is 3.27. The van der Waals surface area contributed by atoms with Crippen molar-refractivity contribution in [3.63, 3.8) is 0 Å². The zero-order valence-corrected chi connectivity index (χ0v) is 16.2. The molecule has 2 amide bonds. The molecule has 0 atom stereocenters. The van der Waals surface area contributed by atoms with Gasteiger partial charge < -0.3 is 20.1 Å². The number of hydrogen-bond donors (Lipinski definition) is 2. The van der Waals surface area contributed by atoms with Gasteiger partial charge in [-0.2, -0.15) is 0 Å². The third-order valence-corrected chi connectivity index (χ3v) is 4.34. The van der Waals surface area contributed by atoms with E-state index in [1.165, 1.54) is 0 Å². The van der Waals surface area contributed by atoms with Crippen molar-refractivity contribution in [1.82, 2.24) is 10.6 Å². The molecule has 1 fully saturated rings. The zero-order valence-electron chi connectivity index (χ0n) is 16.2. The molecule has 6 heteroatoms. The monoisotopic (exact) mass is 362 g/mol. The summed E-state index contributed by atoms with van der Waals surface area (Å²) in [5, 5.41) is 5.94. The Balaban J connectivity index is 1.98. The molecule has 0 radical (unpaired) electrons. The second-order valence-electron chi connectivity index (χ2n) is 7.75. The Kier molecular flexibility index (Phi) is 6.51. The van der Waals surface area contributed by atoms with Crippen LogP contribution in [-0.4, -0.2) is 36.3 Å². The van der Waals surface area contributed by atoms with Gasteiger partial charge in [-0.15, -0.1) is 0 Å². The van der Waals surface area contributed by atoms with Crippen LogP contribution in [0.15, 0.2) is 24.3 Å². The first-order valence-corrected chi connectivity index (χ1v) is 9.25. The van der Waals surface area contributed by atoms with Crippen LogP contribution >= 0.6 is 0 Å². The van der Waals surface area contributed by atoms with Gasteiger partial charge in [-0.05, 0) is 64.8 Å². The molecular weight excluding hydrogens is 332 g/mol. The van der Waals surface area contributed by atoms with Gasteiger partial charge in [-0.3, -0.25) is 4.79 Å². The molecule has 0 saturated heterocycles. The molecule has 0 aromatic heterocycles. The van der Waals surface area contributed by atoms with Crippen LogP contribution in [0.2, 0.25) is 0 Å². The molecule has 1 saturated carbocycles. The van der Waals surface area contributed by atoms with E-state index in [1.807, 2.05) is 27.7 Å². The fourth-order valence-corrected chi connectivity index (χ4v) is 3.14. The van der Waals surface area contributed by atoms with Gasteiger partial charge in [0.15, 0.2) is 0 Å². The van der Waals surface area contributed by atoms with E-state index in [1.54, 1.807) is 24.3 Å². The van der Waals surface area contributed by atoms with E-state index in [2.05, 4.69) is 10.6 Å². The van der Waals surface area contributed by atoms with Crippen molar-refractivity contribution in [3.8, 4) is 5.75 Å². The van der Waals surface area contributed by atoms with E-state index in [4.69, 9.17) is 9.47 Å². The average molecular weight is 362 g/mol. The Bertz CT molecular complexity index is 614. The van der Waals surface area contributed by atoms with Crippen molar-refractivity contribution >= 4 is 12.0 Å². The average Bonchev–Trinajstić information content (AvgIpc) is 3.01. The van der Waals surface area contributed by atoms with Crippen molar-refractivity contribution < 1.29 is 19.1 Å². The van der Waals surface area contributed by atoms with E-state index in [0.29, 0.717) is 18.7 Å². The number of benzene rings is 1. The number of ether oxygens (including phenoxy) is 2. The van der Waals surface area contributed by atoms with Gasteiger partial charge in [0.25, 0.3) is 5.91 Å². The normalized spacial score (nSPS) is 16.0. The van der Waals surface area contributed by atoms with Crippen molar-refractivity contribution in [2.24, 2.45) is 0 Å². The van der Waals surface area contributed by atoms with Crippen LogP contribution < -0.4 is 15.4 Å². The lowest BCUT2D eigenvalue weighted by Gasteiger charge is -2.31. The van der Waals surface area contributed by atoms with Crippen LogP contribution in [0, 0.1) is 0 Å². The molecule has 6 nitrogen and oxygen atoms in total. The molecule has 0 aliphatic heterocycles. The lowest BCUT2D eigenvalue weighted by atomic mass is 9.96. The minimum absolute atomic E-state index is 0.138. The predicted molar refractivity (Wildman–Crippen MR) is 101 cm³/mol. The van der Waals surface area contributed by atoms with Gasteiger partial charge in [-0.25, -0.2) is 4.79 Å². The second-order valence-corrected chi connectivity index (χ2v) is 7.75. The number of rotatable bonds is 6. The van der Waals surface area contributed by atoms with Gasteiger partial charge in [0.05, 0.1) is 12.1 Å². The Morgan fingerprint density at radius 3 is 2.27 bits per heavy atom. The van der Waals surface area contributed by atoms with Crippen molar-refractivity contribution in [2.45, 2.75) is 64.5 Å². The van der Waals surface area contributed by atoms with Crippen molar-refractivity contribution in [3.05, 3.63) is 29.8 Å². The molecule has 2 N–H and O–H groups in total. The summed E-state index contributed by atoms with van der Waals surface area (Å²) in [4.78, 5) is 24.6. The molecule has 0 spiro atoms. The largest absolute Gasteiger partial charge is 0.494 e. The molecule has 0 bridgehead atoms. The Labute approximate surface area is 155 Å². The van der Waals surface area contributed by atoms with E-state index in [-0.39, 0.29) is 5.91 Å². The first kappa shape index (κ1) is 20.1. The third kappa shape index (κ3) is 5.93. The van der Waals surface area contributed by atoms with Crippen LogP contribution in [0.4, 0.5) is 4.79 Å². The number of nitrogens with one attached hydrogen (secondary N) is 2. The first-order chi connectivity index (χ1) is 12.2. The maximum Gasteiger partial charge on any atom is 0.407 e. The Morgan fingerprint density at radius 1 is 1.12 bits per heavy atom. The van der Waals surface area contributed by atoms with Crippen LogP contribution in [0.1, 0.15) is 63.7 Å². The SMILES string of the molecule is CCOc1ccc(C(=O)NC2(CNC(=O)OC(C)(C)C)CCCC2)cc1. The predicted octanol–water partition coefficient (Wildman–Crippen LogP) is 3.65. The molecule has 0 unspecified atom stereocenters. The minimum atomic E-state index is -0.543. The molecule has 1 aromatic rings. The quantitative estimate of drug-likeness (QED) is 0.810. The number of amides is 2. The van der Waals surface area contributed by atoms with Crippen LogP contribution in [0.25, 0.3) is 0 Å². The molecule has 1 aromatic carbocycles. The summed E-state index contributed by atoms with van der Waals surface area (Å²) in [7, 11) is 0. The van der Waals surface area contributed by atoms with Crippen molar-refractivity contribution in [1.29, 1.82) is 0 Å². The summed E-state index contributed by atoms with van der Waals surface area (Å²) in [5.41, 5.74) is -0.387. The smallest absolute Gasteiger partial charge is 0.407 e.